The molecular formula is C11H14N2O3. The predicted molar refractivity (Wildman–Crippen MR) is 60.7 cm³/mol. The Morgan fingerprint density at radius 2 is 2.31 bits per heavy atom. The molecule has 1 heterocycles. The molecule has 0 bridgehead atoms. The van der Waals surface area contributed by atoms with Crippen molar-refractivity contribution in [1.82, 2.24) is 0 Å². The SMILES string of the molecule is COc1cc(N)ccc1N1CCCOC1=O. The molecule has 2 rings (SSSR count). The third-order valence-corrected chi connectivity index (χ3v) is 2.47. The van der Waals surface area contributed by atoms with E-state index in [1.165, 1.54) is 0 Å². The fraction of sp³-hybridized carbons (Fsp3) is 0.364. The molecule has 0 unspecified atom stereocenters. The summed E-state index contributed by atoms with van der Waals surface area (Å²) in [6, 6.07) is 5.19. The summed E-state index contributed by atoms with van der Waals surface area (Å²) in [5.74, 6) is 0.582. The number of hydrogen-bond acceptors (Lipinski definition) is 4. The van der Waals surface area contributed by atoms with Gasteiger partial charge in [-0.1, -0.05) is 0 Å². The van der Waals surface area contributed by atoms with Gasteiger partial charge in [0.25, 0.3) is 0 Å². The Labute approximate surface area is 93.7 Å². The molecule has 1 aromatic carbocycles. The van der Waals surface area contributed by atoms with Crippen LogP contribution in [0.5, 0.6) is 5.75 Å². The van der Waals surface area contributed by atoms with Crippen molar-refractivity contribution in [2.75, 3.05) is 30.9 Å². The molecule has 0 radical (unpaired) electrons. The molecule has 5 heteroatoms. The van der Waals surface area contributed by atoms with E-state index in [1.54, 1.807) is 30.2 Å². The third-order valence-electron chi connectivity index (χ3n) is 2.47. The Morgan fingerprint density at radius 1 is 1.50 bits per heavy atom. The van der Waals surface area contributed by atoms with E-state index in [0.717, 1.165) is 6.42 Å². The summed E-state index contributed by atoms with van der Waals surface area (Å²) in [5, 5.41) is 0. The molecule has 5 nitrogen and oxygen atoms in total. The topological polar surface area (TPSA) is 64.8 Å². The lowest BCUT2D eigenvalue weighted by atomic mass is 10.2. The minimum Gasteiger partial charge on any atom is -0.494 e. The van der Waals surface area contributed by atoms with Gasteiger partial charge in [0.1, 0.15) is 5.75 Å². The molecule has 0 saturated carbocycles. The lowest BCUT2D eigenvalue weighted by Gasteiger charge is -2.27. The van der Waals surface area contributed by atoms with Crippen LogP contribution in [-0.4, -0.2) is 26.4 Å². The van der Waals surface area contributed by atoms with E-state index in [0.29, 0.717) is 30.3 Å². The molecule has 1 fully saturated rings. The van der Waals surface area contributed by atoms with Gasteiger partial charge in [0.2, 0.25) is 0 Å². The number of benzene rings is 1. The second-order valence-electron chi connectivity index (χ2n) is 3.55. The monoisotopic (exact) mass is 222 g/mol. The number of hydrogen-bond donors (Lipinski definition) is 1. The lowest BCUT2D eigenvalue weighted by Crippen LogP contribution is -2.37. The Hall–Kier alpha value is -1.91. The highest BCUT2D eigenvalue weighted by molar-refractivity contribution is 5.90. The van der Waals surface area contributed by atoms with Crippen LogP contribution < -0.4 is 15.4 Å². The molecule has 1 aromatic rings. The quantitative estimate of drug-likeness (QED) is 0.772. The van der Waals surface area contributed by atoms with Crippen molar-refractivity contribution in [3.05, 3.63) is 18.2 Å². The Kier molecular flexibility index (Phi) is 2.85. The van der Waals surface area contributed by atoms with E-state index in [1.807, 2.05) is 0 Å². The van der Waals surface area contributed by atoms with Crippen molar-refractivity contribution in [3.8, 4) is 5.75 Å². The molecule has 1 amide bonds. The van der Waals surface area contributed by atoms with Crippen LogP contribution in [0.2, 0.25) is 0 Å². The molecule has 86 valence electrons. The average Bonchev–Trinajstić information content (AvgIpc) is 2.30. The van der Waals surface area contributed by atoms with Crippen LogP contribution >= 0.6 is 0 Å². The summed E-state index contributed by atoms with van der Waals surface area (Å²) >= 11 is 0. The number of ether oxygens (including phenoxy) is 2. The molecule has 1 aliphatic heterocycles. The highest BCUT2D eigenvalue weighted by Gasteiger charge is 2.23. The molecular weight excluding hydrogens is 208 g/mol. The molecule has 0 aromatic heterocycles. The van der Waals surface area contributed by atoms with Crippen LogP contribution in [0.4, 0.5) is 16.2 Å². The number of nitrogens with zero attached hydrogens (tertiary/aromatic N) is 1. The zero-order chi connectivity index (χ0) is 11.5. The molecule has 1 aliphatic rings. The van der Waals surface area contributed by atoms with Gasteiger partial charge >= 0.3 is 6.09 Å². The van der Waals surface area contributed by atoms with Crippen molar-refractivity contribution in [2.24, 2.45) is 0 Å². The van der Waals surface area contributed by atoms with Crippen LogP contribution in [0.15, 0.2) is 18.2 Å². The zero-order valence-electron chi connectivity index (χ0n) is 9.10. The Balaban J connectivity index is 2.34. The standard InChI is InChI=1S/C11H14N2O3/c1-15-10-7-8(12)3-4-9(10)13-5-2-6-16-11(13)14/h3-4,7H,2,5-6,12H2,1H3. The largest absolute Gasteiger partial charge is 0.494 e. The fourth-order valence-electron chi connectivity index (χ4n) is 1.69. The van der Waals surface area contributed by atoms with E-state index < -0.39 is 0 Å². The first-order chi connectivity index (χ1) is 7.72. The number of cyclic esters (lactones) is 1. The first-order valence-electron chi connectivity index (χ1n) is 5.10. The molecule has 16 heavy (non-hydrogen) atoms. The maximum absolute atomic E-state index is 11.6. The highest BCUT2D eigenvalue weighted by Crippen LogP contribution is 2.31. The highest BCUT2D eigenvalue weighted by atomic mass is 16.6. The number of nitrogens with two attached hydrogens (primary N) is 1. The van der Waals surface area contributed by atoms with Crippen LogP contribution in [-0.2, 0) is 4.74 Å². The summed E-state index contributed by atoms with van der Waals surface area (Å²) in [5.41, 5.74) is 6.95. The van der Waals surface area contributed by atoms with Gasteiger partial charge in [0.05, 0.1) is 19.4 Å². The summed E-state index contributed by atoms with van der Waals surface area (Å²) in [4.78, 5) is 13.1. The number of anilines is 2. The van der Waals surface area contributed by atoms with Crippen LogP contribution in [0.3, 0.4) is 0 Å². The zero-order valence-corrected chi connectivity index (χ0v) is 9.10. The van der Waals surface area contributed by atoms with Crippen molar-refractivity contribution in [3.63, 3.8) is 0 Å². The Bertz CT molecular complexity index is 406. The van der Waals surface area contributed by atoms with E-state index in [9.17, 15) is 4.79 Å². The molecule has 0 aliphatic carbocycles. The minimum atomic E-state index is -0.339. The second kappa shape index (κ2) is 4.30. The summed E-state index contributed by atoms with van der Waals surface area (Å²) < 4.78 is 10.2. The summed E-state index contributed by atoms with van der Waals surface area (Å²) in [6.07, 6.45) is 0.480. The maximum Gasteiger partial charge on any atom is 0.414 e. The molecule has 2 N–H and O–H groups in total. The number of nitrogen functional groups attached to an aromatic ring is 1. The normalized spacial score (nSPS) is 15.8. The van der Waals surface area contributed by atoms with E-state index >= 15 is 0 Å². The Morgan fingerprint density at radius 3 is 3.00 bits per heavy atom. The van der Waals surface area contributed by atoms with Gasteiger partial charge in [0.15, 0.2) is 0 Å². The van der Waals surface area contributed by atoms with Crippen LogP contribution in [0.1, 0.15) is 6.42 Å². The van der Waals surface area contributed by atoms with E-state index in [-0.39, 0.29) is 6.09 Å². The average molecular weight is 222 g/mol. The number of carbonyl (C=O) groups is 1. The van der Waals surface area contributed by atoms with E-state index in [4.69, 9.17) is 15.2 Å². The lowest BCUT2D eigenvalue weighted by molar-refractivity contribution is 0.140. The number of carbonyl (C=O) groups excluding carboxylic acids is 1. The number of amides is 1. The smallest absolute Gasteiger partial charge is 0.414 e. The van der Waals surface area contributed by atoms with Gasteiger partial charge in [-0.15, -0.1) is 0 Å². The van der Waals surface area contributed by atoms with Gasteiger partial charge < -0.3 is 15.2 Å². The predicted octanol–water partition coefficient (Wildman–Crippen LogP) is 1.62. The first-order valence-corrected chi connectivity index (χ1v) is 5.10. The fourth-order valence-corrected chi connectivity index (χ4v) is 1.69. The maximum atomic E-state index is 11.6. The molecule has 0 atom stereocenters. The summed E-state index contributed by atoms with van der Waals surface area (Å²) in [7, 11) is 1.55. The van der Waals surface area contributed by atoms with Crippen LogP contribution in [0.25, 0.3) is 0 Å². The minimum absolute atomic E-state index is 0.339. The van der Waals surface area contributed by atoms with E-state index in [2.05, 4.69) is 0 Å². The van der Waals surface area contributed by atoms with Gasteiger partial charge in [-0.2, -0.15) is 0 Å². The van der Waals surface area contributed by atoms with Gasteiger partial charge in [-0.05, 0) is 18.6 Å². The van der Waals surface area contributed by atoms with Crippen LogP contribution in [0, 0.1) is 0 Å². The van der Waals surface area contributed by atoms with Gasteiger partial charge in [0, 0.05) is 18.3 Å². The number of rotatable bonds is 2. The van der Waals surface area contributed by atoms with Crippen molar-refractivity contribution < 1.29 is 14.3 Å². The van der Waals surface area contributed by atoms with Gasteiger partial charge in [-0.3, -0.25) is 4.90 Å². The molecule has 1 saturated heterocycles. The number of methoxy groups -OCH3 is 1. The second-order valence-corrected chi connectivity index (χ2v) is 3.55. The first kappa shape index (κ1) is 10.6. The van der Waals surface area contributed by atoms with Crippen molar-refractivity contribution >= 4 is 17.5 Å². The summed E-state index contributed by atoms with van der Waals surface area (Å²) in [6.45, 7) is 1.12. The van der Waals surface area contributed by atoms with Crippen molar-refractivity contribution in [1.29, 1.82) is 0 Å². The van der Waals surface area contributed by atoms with Gasteiger partial charge in [-0.25, -0.2) is 4.79 Å². The third kappa shape index (κ3) is 1.88. The molecule has 0 spiro atoms. The van der Waals surface area contributed by atoms with Crippen molar-refractivity contribution in [2.45, 2.75) is 6.42 Å².